The Hall–Kier alpha value is -0.153. The zero-order valence-electron chi connectivity index (χ0n) is 6.10. The lowest BCUT2D eigenvalue weighted by Crippen LogP contribution is -2.29. The highest BCUT2D eigenvalue weighted by Gasteiger charge is 2.12. The molecule has 3 radical (unpaired) electrons. The van der Waals surface area contributed by atoms with E-state index >= 15 is 0 Å². The van der Waals surface area contributed by atoms with Gasteiger partial charge in [0.25, 0.3) is 0 Å². The van der Waals surface area contributed by atoms with E-state index < -0.39 is 0 Å². The summed E-state index contributed by atoms with van der Waals surface area (Å²) in [6.45, 7) is 1.71. The van der Waals surface area contributed by atoms with Crippen LogP contribution in [0.4, 0.5) is 0 Å². The molecule has 55 valence electrons. The van der Waals surface area contributed by atoms with Crippen LogP contribution < -0.4 is 0 Å². The third-order valence-corrected chi connectivity index (χ3v) is 2.25. The number of rotatable bonds is 1. The van der Waals surface area contributed by atoms with Gasteiger partial charge in [0.15, 0.2) is 0 Å². The minimum Gasteiger partial charge on any atom is -0.300 e. The molecule has 0 bridgehead atoms. The lowest BCUT2D eigenvalue weighted by atomic mass is 10.2. The molecule has 1 saturated heterocycles. The number of carbonyl (C=O) groups excluding carboxylic acids is 1. The Bertz CT molecular complexity index is 127. The van der Waals surface area contributed by atoms with Gasteiger partial charge in [0.1, 0.15) is 5.78 Å². The predicted molar refractivity (Wildman–Crippen MR) is 41.1 cm³/mol. The summed E-state index contributed by atoms with van der Waals surface area (Å²) in [7, 11) is 3.39. The third kappa shape index (κ3) is 2.23. The first-order chi connectivity index (χ1) is 4.83. The Morgan fingerprint density at radius 1 is 1.50 bits per heavy atom. The van der Waals surface area contributed by atoms with Crippen LogP contribution in [0.1, 0.15) is 19.3 Å². The van der Waals surface area contributed by atoms with Gasteiger partial charge in [-0.2, -0.15) is 0 Å². The van der Waals surface area contributed by atoms with Crippen molar-refractivity contribution in [2.24, 2.45) is 0 Å². The van der Waals surface area contributed by atoms with Crippen LogP contribution in [0.3, 0.4) is 0 Å². The molecule has 0 saturated carbocycles. The summed E-state index contributed by atoms with van der Waals surface area (Å²) in [6, 6.07) is 0. The molecular weight excluding hydrogens is 142 g/mol. The van der Waals surface area contributed by atoms with Gasteiger partial charge in [-0.15, -0.1) is 0 Å². The smallest absolute Gasteiger partial charge is 0.146 e. The zero-order chi connectivity index (χ0) is 7.40. The Labute approximate surface area is 65.0 Å². The fraction of sp³-hybridized carbons (Fsp3) is 0.857. The Kier molecular flexibility index (Phi) is 3.09. The van der Waals surface area contributed by atoms with Crippen molar-refractivity contribution in [3.63, 3.8) is 0 Å². The summed E-state index contributed by atoms with van der Waals surface area (Å²) in [5.74, 6) is 0.385. The standard InChI is InChI=1S/C7H12NOSi/c9-7-3-1-2-4-8(5-7)6-10/h1-6H2. The molecule has 0 N–H and O–H groups in total. The maximum Gasteiger partial charge on any atom is 0.146 e. The molecule has 0 aromatic rings. The molecule has 0 amide bonds. The van der Waals surface area contributed by atoms with Crippen LogP contribution >= 0.6 is 0 Å². The maximum absolute atomic E-state index is 11.0. The van der Waals surface area contributed by atoms with Gasteiger partial charge in [-0.1, -0.05) is 0 Å². The molecule has 2 nitrogen and oxygen atoms in total. The SMILES string of the molecule is O=C1CCCCN(C[Si])C1. The van der Waals surface area contributed by atoms with Crippen LogP contribution in [-0.4, -0.2) is 40.2 Å². The van der Waals surface area contributed by atoms with Gasteiger partial charge in [-0.05, 0) is 25.6 Å². The van der Waals surface area contributed by atoms with Crippen molar-refractivity contribution in [1.82, 2.24) is 4.90 Å². The number of nitrogens with zero attached hydrogens (tertiary/aromatic N) is 1. The first-order valence-electron chi connectivity index (χ1n) is 3.71. The predicted octanol–water partition coefficient (Wildman–Crippen LogP) is 0.167. The summed E-state index contributed by atoms with van der Waals surface area (Å²) < 4.78 is 0. The quantitative estimate of drug-likeness (QED) is 0.502. The van der Waals surface area contributed by atoms with Gasteiger partial charge in [0.2, 0.25) is 0 Å². The highest BCUT2D eigenvalue weighted by atomic mass is 28.1. The van der Waals surface area contributed by atoms with Gasteiger partial charge in [0, 0.05) is 16.7 Å². The van der Waals surface area contributed by atoms with Crippen molar-refractivity contribution in [2.45, 2.75) is 19.3 Å². The zero-order valence-corrected chi connectivity index (χ0v) is 7.10. The number of hydrogen-bond donors (Lipinski definition) is 0. The van der Waals surface area contributed by atoms with E-state index in [1.807, 2.05) is 0 Å². The van der Waals surface area contributed by atoms with Crippen LogP contribution in [0.5, 0.6) is 0 Å². The largest absolute Gasteiger partial charge is 0.300 e. The molecule has 0 atom stereocenters. The molecule has 0 aromatic heterocycles. The van der Waals surface area contributed by atoms with Crippen molar-refractivity contribution in [3.8, 4) is 0 Å². The van der Waals surface area contributed by atoms with E-state index in [0.29, 0.717) is 12.3 Å². The van der Waals surface area contributed by atoms with Gasteiger partial charge in [-0.3, -0.25) is 9.69 Å². The minimum atomic E-state index is 0.385. The van der Waals surface area contributed by atoms with Crippen LogP contribution in [-0.2, 0) is 4.79 Å². The summed E-state index contributed by atoms with van der Waals surface area (Å²) >= 11 is 0. The van der Waals surface area contributed by atoms with Crippen LogP contribution in [0.25, 0.3) is 0 Å². The fourth-order valence-electron chi connectivity index (χ4n) is 1.20. The molecule has 0 aliphatic carbocycles. The molecule has 1 heterocycles. The molecule has 1 fully saturated rings. The Balaban J connectivity index is 2.38. The summed E-state index contributed by atoms with van der Waals surface area (Å²) in [4.78, 5) is 13.1. The van der Waals surface area contributed by atoms with E-state index in [-0.39, 0.29) is 0 Å². The van der Waals surface area contributed by atoms with E-state index in [4.69, 9.17) is 0 Å². The summed E-state index contributed by atoms with van der Waals surface area (Å²) in [6.07, 6.45) is 3.84. The average Bonchev–Trinajstić information content (AvgIpc) is 2.13. The molecule has 0 unspecified atom stereocenters. The molecule has 1 aliphatic rings. The van der Waals surface area contributed by atoms with Gasteiger partial charge < -0.3 is 0 Å². The second kappa shape index (κ2) is 3.88. The lowest BCUT2D eigenvalue weighted by Gasteiger charge is -2.15. The van der Waals surface area contributed by atoms with Crippen LogP contribution in [0.2, 0.25) is 0 Å². The minimum absolute atomic E-state index is 0.385. The molecular formula is C7H12NOSi. The first-order valence-corrected chi connectivity index (χ1v) is 4.42. The van der Waals surface area contributed by atoms with E-state index in [0.717, 1.165) is 32.0 Å². The van der Waals surface area contributed by atoms with E-state index in [2.05, 4.69) is 15.1 Å². The second-order valence-electron chi connectivity index (χ2n) is 2.71. The Morgan fingerprint density at radius 2 is 2.30 bits per heavy atom. The normalized spacial score (nSPS) is 22.7. The van der Waals surface area contributed by atoms with Crippen molar-refractivity contribution < 1.29 is 4.79 Å². The second-order valence-corrected chi connectivity index (χ2v) is 3.02. The van der Waals surface area contributed by atoms with E-state index in [9.17, 15) is 4.79 Å². The monoisotopic (exact) mass is 154 g/mol. The molecule has 0 aromatic carbocycles. The van der Waals surface area contributed by atoms with Crippen LogP contribution in [0.15, 0.2) is 0 Å². The Morgan fingerprint density at radius 3 is 3.00 bits per heavy atom. The van der Waals surface area contributed by atoms with Crippen molar-refractivity contribution in [1.29, 1.82) is 0 Å². The number of Topliss-reactive ketones (excluding diaryl/α,β-unsaturated/α-hetero) is 1. The molecule has 1 rings (SSSR count). The summed E-state index contributed by atoms with van der Waals surface area (Å²) in [5.41, 5.74) is 0. The number of carbonyl (C=O) groups is 1. The molecule has 10 heavy (non-hydrogen) atoms. The lowest BCUT2D eigenvalue weighted by molar-refractivity contribution is -0.119. The van der Waals surface area contributed by atoms with E-state index in [1.54, 1.807) is 0 Å². The third-order valence-electron chi connectivity index (χ3n) is 1.80. The highest BCUT2D eigenvalue weighted by molar-refractivity contribution is 6.08. The van der Waals surface area contributed by atoms with Crippen molar-refractivity contribution in [2.75, 3.05) is 19.3 Å². The van der Waals surface area contributed by atoms with Crippen molar-refractivity contribution >= 4 is 16.0 Å². The highest BCUT2D eigenvalue weighted by Crippen LogP contribution is 2.05. The topological polar surface area (TPSA) is 20.3 Å². The van der Waals surface area contributed by atoms with Crippen molar-refractivity contribution in [3.05, 3.63) is 0 Å². The van der Waals surface area contributed by atoms with E-state index in [1.165, 1.54) is 0 Å². The van der Waals surface area contributed by atoms with Gasteiger partial charge in [-0.25, -0.2) is 0 Å². The summed E-state index contributed by atoms with van der Waals surface area (Å²) in [5, 5.41) is 0. The number of ketones is 1. The maximum atomic E-state index is 11.0. The van der Waals surface area contributed by atoms with Crippen LogP contribution in [0, 0.1) is 0 Å². The average molecular weight is 154 g/mol. The molecule has 3 heteroatoms. The first kappa shape index (κ1) is 7.95. The number of hydrogen-bond acceptors (Lipinski definition) is 2. The fourth-order valence-corrected chi connectivity index (χ4v) is 1.47. The molecule has 1 aliphatic heterocycles. The number of likely N-dealkylation sites (tertiary alicyclic amines) is 1. The van der Waals surface area contributed by atoms with Gasteiger partial charge in [0.05, 0.1) is 6.54 Å². The molecule has 0 spiro atoms. The van der Waals surface area contributed by atoms with Gasteiger partial charge >= 0.3 is 0 Å².